The van der Waals surface area contributed by atoms with Gasteiger partial charge in [0.1, 0.15) is 11.6 Å². The van der Waals surface area contributed by atoms with Crippen molar-refractivity contribution >= 4 is 17.5 Å². The minimum Gasteiger partial charge on any atom is -0.396 e. The van der Waals surface area contributed by atoms with E-state index < -0.39 is 17.5 Å². The summed E-state index contributed by atoms with van der Waals surface area (Å²) in [6.45, 7) is 0.289. The molecule has 1 aromatic rings. The second kappa shape index (κ2) is 6.50. The molecule has 0 aliphatic heterocycles. The average molecular weight is 304 g/mol. The number of amides is 1. The van der Waals surface area contributed by atoms with Gasteiger partial charge in [-0.3, -0.25) is 4.79 Å². The van der Waals surface area contributed by atoms with Crippen LogP contribution in [0.4, 0.5) is 8.78 Å². The van der Waals surface area contributed by atoms with Gasteiger partial charge in [-0.2, -0.15) is 0 Å². The molecule has 0 unspecified atom stereocenters. The Bertz CT molecular complexity index is 506. The second-order valence-electron chi connectivity index (χ2n) is 4.91. The molecule has 0 saturated heterocycles. The van der Waals surface area contributed by atoms with Gasteiger partial charge in [0.15, 0.2) is 0 Å². The lowest BCUT2D eigenvalue weighted by molar-refractivity contribution is 0.0557. The normalized spacial score (nSPS) is 15.0. The summed E-state index contributed by atoms with van der Waals surface area (Å²) in [5, 5.41) is 8.54. The molecule has 0 spiro atoms. The van der Waals surface area contributed by atoms with Gasteiger partial charge in [-0.05, 0) is 37.8 Å². The van der Waals surface area contributed by atoms with Gasteiger partial charge in [-0.25, -0.2) is 8.78 Å². The molecule has 0 atom stereocenters. The predicted octanol–water partition coefficient (Wildman–Crippen LogP) is 3.00. The van der Waals surface area contributed by atoms with E-state index in [2.05, 4.69) is 0 Å². The molecular formula is C14H16ClF2NO2. The summed E-state index contributed by atoms with van der Waals surface area (Å²) in [6, 6.07) is 1.70. The fraction of sp³-hybridized carbons (Fsp3) is 0.500. The van der Waals surface area contributed by atoms with Gasteiger partial charge in [0, 0.05) is 19.2 Å². The third-order valence-electron chi connectivity index (χ3n) is 3.57. The summed E-state index contributed by atoms with van der Waals surface area (Å²) in [5.41, 5.74) is -0.309. The van der Waals surface area contributed by atoms with E-state index in [0.29, 0.717) is 13.0 Å². The molecule has 6 heteroatoms. The van der Waals surface area contributed by atoms with Crippen LogP contribution in [-0.4, -0.2) is 35.1 Å². The average Bonchev–Trinajstić information content (AvgIpc) is 2.35. The number of halogens is 3. The number of aliphatic hydroxyl groups is 1. The van der Waals surface area contributed by atoms with Crippen LogP contribution in [0.5, 0.6) is 0 Å². The molecule has 2 rings (SSSR count). The first kappa shape index (κ1) is 15.2. The van der Waals surface area contributed by atoms with E-state index >= 15 is 0 Å². The first-order valence-corrected chi connectivity index (χ1v) is 6.98. The van der Waals surface area contributed by atoms with Crippen molar-refractivity contribution in [2.24, 2.45) is 0 Å². The van der Waals surface area contributed by atoms with Crippen molar-refractivity contribution in [3.8, 4) is 0 Å². The lowest BCUT2D eigenvalue weighted by Crippen LogP contribution is -2.45. The molecule has 0 heterocycles. The van der Waals surface area contributed by atoms with Gasteiger partial charge >= 0.3 is 0 Å². The van der Waals surface area contributed by atoms with Gasteiger partial charge in [0.25, 0.3) is 5.91 Å². The van der Waals surface area contributed by atoms with Crippen LogP contribution >= 0.6 is 11.6 Å². The fourth-order valence-electron chi connectivity index (χ4n) is 2.23. The zero-order valence-corrected chi connectivity index (χ0v) is 11.7. The number of carbonyl (C=O) groups excluding carboxylic acids is 1. The molecule has 1 saturated carbocycles. The van der Waals surface area contributed by atoms with Gasteiger partial charge < -0.3 is 10.0 Å². The second-order valence-corrected chi connectivity index (χ2v) is 5.31. The molecule has 110 valence electrons. The highest BCUT2D eigenvalue weighted by Crippen LogP contribution is 2.28. The number of rotatable bonds is 5. The molecule has 1 N–H and O–H groups in total. The maximum atomic E-state index is 13.8. The van der Waals surface area contributed by atoms with E-state index in [1.54, 1.807) is 0 Å². The lowest BCUT2D eigenvalue weighted by Gasteiger charge is -2.37. The van der Waals surface area contributed by atoms with Crippen LogP contribution in [0.3, 0.4) is 0 Å². The number of nitrogens with zero attached hydrogens (tertiary/aromatic N) is 1. The minimum absolute atomic E-state index is 0.0477. The van der Waals surface area contributed by atoms with Crippen molar-refractivity contribution in [1.29, 1.82) is 0 Å². The van der Waals surface area contributed by atoms with E-state index in [0.717, 1.165) is 31.4 Å². The van der Waals surface area contributed by atoms with Crippen molar-refractivity contribution in [3.05, 3.63) is 34.4 Å². The quantitative estimate of drug-likeness (QED) is 0.850. The molecule has 0 aromatic heterocycles. The van der Waals surface area contributed by atoms with Crippen LogP contribution in [0.1, 0.15) is 36.0 Å². The largest absolute Gasteiger partial charge is 0.396 e. The summed E-state index contributed by atoms with van der Waals surface area (Å²) in [4.78, 5) is 13.9. The first-order chi connectivity index (χ1) is 9.54. The van der Waals surface area contributed by atoms with Crippen LogP contribution in [0.25, 0.3) is 0 Å². The number of carbonyl (C=O) groups is 1. The van der Waals surface area contributed by atoms with E-state index in [1.165, 1.54) is 4.90 Å². The van der Waals surface area contributed by atoms with Crippen molar-refractivity contribution in [2.45, 2.75) is 31.7 Å². The van der Waals surface area contributed by atoms with E-state index in [-0.39, 0.29) is 23.2 Å². The number of benzene rings is 1. The van der Waals surface area contributed by atoms with E-state index in [4.69, 9.17) is 16.7 Å². The molecule has 1 aliphatic rings. The summed E-state index contributed by atoms with van der Waals surface area (Å²) >= 11 is 5.48. The lowest BCUT2D eigenvalue weighted by atomic mass is 9.90. The smallest absolute Gasteiger partial charge is 0.257 e. The highest BCUT2D eigenvalue weighted by Gasteiger charge is 2.30. The Morgan fingerprint density at radius 2 is 2.05 bits per heavy atom. The first-order valence-electron chi connectivity index (χ1n) is 6.61. The van der Waals surface area contributed by atoms with Gasteiger partial charge in [0.2, 0.25) is 0 Å². The summed E-state index contributed by atoms with van der Waals surface area (Å²) in [6.07, 6.45) is 3.15. The maximum absolute atomic E-state index is 13.8. The molecule has 20 heavy (non-hydrogen) atoms. The molecule has 1 aliphatic carbocycles. The monoisotopic (exact) mass is 303 g/mol. The third kappa shape index (κ3) is 3.10. The topological polar surface area (TPSA) is 40.5 Å². The fourth-order valence-corrected chi connectivity index (χ4v) is 2.38. The van der Waals surface area contributed by atoms with Crippen LogP contribution in [0, 0.1) is 11.6 Å². The van der Waals surface area contributed by atoms with Gasteiger partial charge in [0.05, 0.1) is 10.6 Å². The maximum Gasteiger partial charge on any atom is 0.257 e. The standard InChI is InChI=1S/C14H16ClF2NO2/c15-11-8-12(16)10(7-13(11)17)14(20)18(5-2-6-19)9-3-1-4-9/h7-9,19H,1-6H2. The molecule has 1 amide bonds. The predicted molar refractivity (Wildman–Crippen MR) is 71.7 cm³/mol. The van der Waals surface area contributed by atoms with Crippen molar-refractivity contribution in [2.75, 3.05) is 13.2 Å². The molecule has 1 fully saturated rings. The molecular weight excluding hydrogens is 288 g/mol. The van der Waals surface area contributed by atoms with E-state index in [1.807, 2.05) is 0 Å². The number of hydrogen-bond acceptors (Lipinski definition) is 2. The highest BCUT2D eigenvalue weighted by molar-refractivity contribution is 6.30. The Balaban J connectivity index is 2.24. The zero-order valence-electron chi connectivity index (χ0n) is 10.9. The Hall–Kier alpha value is -1.20. The van der Waals surface area contributed by atoms with Crippen LogP contribution < -0.4 is 0 Å². The Morgan fingerprint density at radius 3 is 2.60 bits per heavy atom. The van der Waals surface area contributed by atoms with Gasteiger partial charge in [-0.15, -0.1) is 0 Å². The molecule has 1 aromatic carbocycles. The molecule has 0 bridgehead atoms. The summed E-state index contributed by atoms with van der Waals surface area (Å²) in [7, 11) is 0. The van der Waals surface area contributed by atoms with Crippen molar-refractivity contribution < 1.29 is 18.7 Å². The van der Waals surface area contributed by atoms with Crippen LogP contribution in [0.2, 0.25) is 5.02 Å². The minimum atomic E-state index is -0.824. The number of hydrogen-bond donors (Lipinski definition) is 1. The highest BCUT2D eigenvalue weighted by atomic mass is 35.5. The van der Waals surface area contributed by atoms with Crippen LogP contribution in [0.15, 0.2) is 12.1 Å². The number of aliphatic hydroxyl groups excluding tert-OH is 1. The Labute approximate surface area is 121 Å². The third-order valence-corrected chi connectivity index (χ3v) is 3.86. The summed E-state index contributed by atoms with van der Waals surface area (Å²) in [5.74, 6) is -2.18. The van der Waals surface area contributed by atoms with Crippen molar-refractivity contribution in [3.63, 3.8) is 0 Å². The molecule has 0 radical (unpaired) electrons. The SMILES string of the molecule is O=C(c1cc(F)c(Cl)cc1F)N(CCCO)C1CCC1. The molecule has 3 nitrogen and oxygen atoms in total. The van der Waals surface area contributed by atoms with E-state index in [9.17, 15) is 13.6 Å². The van der Waals surface area contributed by atoms with Crippen molar-refractivity contribution in [1.82, 2.24) is 4.90 Å². The van der Waals surface area contributed by atoms with Gasteiger partial charge in [-0.1, -0.05) is 11.6 Å². The summed E-state index contributed by atoms with van der Waals surface area (Å²) < 4.78 is 27.2. The Kier molecular flexibility index (Phi) is 4.94. The van der Waals surface area contributed by atoms with Crippen LogP contribution in [-0.2, 0) is 0 Å². The zero-order chi connectivity index (χ0) is 14.7. The Morgan fingerprint density at radius 1 is 1.35 bits per heavy atom.